The van der Waals surface area contributed by atoms with Crippen molar-refractivity contribution in [2.75, 3.05) is 0 Å². The van der Waals surface area contributed by atoms with E-state index in [9.17, 15) is 8.78 Å². The minimum atomic E-state index is -0.754. The predicted octanol–water partition coefficient (Wildman–Crippen LogP) is 5.81. The molecule has 0 amide bonds. The monoisotopic (exact) mass is 301 g/mol. The second kappa shape index (κ2) is 8.48. The smallest absolute Gasteiger partial charge is 0.199 e. The Morgan fingerprint density at radius 3 is 2.50 bits per heavy atom. The van der Waals surface area contributed by atoms with Crippen molar-refractivity contribution in [2.24, 2.45) is 5.92 Å². The lowest BCUT2D eigenvalue weighted by atomic mass is 9.77. The van der Waals surface area contributed by atoms with Crippen molar-refractivity contribution in [3.05, 3.63) is 59.7 Å². The van der Waals surface area contributed by atoms with Crippen molar-refractivity contribution in [3.8, 4) is 6.07 Å². The Hall–Kier alpha value is -1.95. The number of allylic oxidation sites excluding steroid dienone is 4. The summed E-state index contributed by atoms with van der Waals surface area (Å²) < 4.78 is 25.5. The molecule has 0 radical (unpaired) electrons. The van der Waals surface area contributed by atoms with Crippen molar-refractivity contribution in [2.45, 2.75) is 44.4 Å². The van der Waals surface area contributed by atoms with E-state index in [-0.39, 0.29) is 5.82 Å². The van der Waals surface area contributed by atoms with E-state index in [4.69, 9.17) is 5.26 Å². The number of hydrogen-bond acceptors (Lipinski definition) is 1. The van der Waals surface area contributed by atoms with E-state index in [2.05, 4.69) is 0 Å². The molecule has 0 saturated heterocycles. The second-order valence-electron chi connectivity index (χ2n) is 5.90. The standard InChI is InChI=1S/C19H21F2N/c20-18-12-10-17(11-13-18)16-8-6-15(7-9-16)4-2-1-3-5-19(21)14-22/h1,3,5,10-13,15-16H,2,4,6-9H2. The molecule has 0 aliphatic heterocycles. The highest BCUT2D eigenvalue weighted by Crippen LogP contribution is 2.37. The van der Waals surface area contributed by atoms with Gasteiger partial charge in [-0.2, -0.15) is 9.65 Å². The summed E-state index contributed by atoms with van der Waals surface area (Å²) in [6, 6.07) is 8.34. The van der Waals surface area contributed by atoms with Gasteiger partial charge in [0.15, 0.2) is 5.83 Å². The first-order chi connectivity index (χ1) is 10.7. The van der Waals surface area contributed by atoms with Gasteiger partial charge in [0.2, 0.25) is 0 Å². The highest BCUT2D eigenvalue weighted by molar-refractivity contribution is 5.21. The molecule has 0 atom stereocenters. The van der Waals surface area contributed by atoms with Crippen LogP contribution >= 0.6 is 0 Å². The molecule has 3 heteroatoms. The van der Waals surface area contributed by atoms with E-state index in [1.807, 2.05) is 18.2 Å². The van der Waals surface area contributed by atoms with Crippen molar-refractivity contribution in [1.82, 2.24) is 0 Å². The fraction of sp³-hybridized carbons (Fsp3) is 0.421. The van der Waals surface area contributed by atoms with Crippen LogP contribution in [0.4, 0.5) is 8.78 Å². The van der Waals surface area contributed by atoms with Gasteiger partial charge in [-0.15, -0.1) is 0 Å². The normalized spacial score (nSPS) is 22.7. The Bertz CT molecular complexity index is 558. The molecule has 2 rings (SSSR count). The lowest BCUT2D eigenvalue weighted by Gasteiger charge is -2.28. The predicted molar refractivity (Wildman–Crippen MR) is 84.3 cm³/mol. The average molecular weight is 301 g/mol. The highest BCUT2D eigenvalue weighted by atomic mass is 19.1. The van der Waals surface area contributed by atoms with Gasteiger partial charge in [0, 0.05) is 0 Å². The molecule has 0 heterocycles. The number of rotatable bonds is 5. The fourth-order valence-corrected chi connectivity index (χ4v) is 3.14. The van der Waals surface area contributed by atoms with Crippen LogP contribution in [0.15, 0.2) is 48.3 Å². The molecule has 0 spiro atoms. The lowest BCUT2D eigenvalue weighted by molar-refractivity contribution is 0.312. The van der Waals surface area contributed by atoms with E-state index in [1.165, 1.54) is 30.6 Å². The highest BCUT2D eigenvalue weighted by Gasteiger charge is 2.21. The average Bonchev–Trinajstić information content (AvgIpc) is 2.55. The number of benzene rings is 1. The Labute approximate surface area is 131 Å². The van der Waals surface area contributed by atoms with Crippen molar-refractivity contribution in [3.63, 3.8) is 0 Å². The zero-order valence-electron chi connectivity index (χ0n) is 12.6. The molecule has 1 nitrogen and oxygen atoms in total. The first-order valence-electron chi connectivity index (χ1n) is 7.87. The zero-order chi connectivity index (χ0) is 15.8. The Balaban J connectivity index is 1.71. The lowest BCUT2D eigenvalue weighted by Crippen LogP contribution is -2.13. The zero-order valence-corrected chi connectivity index (χ0v) is 12.6. The topological polar surface area (TPSA) is 23.8 Å². The summed E-state index contributed by atoms with van der Waals surface area (Å²) in [5.41, 5.74) is 1.25. The molecule has 0 bridgehead atoms. The van der Waals surface area contributed by atoms with Gasteiger partial charge in [0.1, 0.15) is 11.9 Å². The molecule has 22 heavy (non-hydrogen) atoms. The van der Waals surface area contributed by atoms with Gasteiger partial charge in [0.25, 0.3) is 0 Å². The van der Waals surface area contributed by atoms with Crippen LogP contribution in [0.5, 0.6) is 0 Å². The third-order valence-corrected chi connectivity index (χ3v) is 4.42. The quantitative estimate of drug-likeness (QED) is 0.497. The molecule has 0 unspecified atom stereocenters. The van der Waals surface area contributed by atoms with Crippen LogP contribution in [-0.4, -0.2) is 0 Å². The van der Waals surface area contributed by atoms with Gasteiger partial charge in [-0.1, -0.05) is 24.3 Å². The third kappa shape index (κ3) is 5.11. The second-order valence-corrected chi connectivity index (χ2v) is 5.90. The summed E-state index contributed by atoms with van der Waals surface area (Å²) in [7, 11) is 0. The molecule has 1 saturated carbocycles. The minimum absolute atomic E-state index is 0.175. The van der Waals surface area contributed by atoms with Crippen LogP contribution < -0.4 is 0 Å². The first-order valence-corrected chi connectivity index (χ1v) is 7.87. The van der Waals surface area contributed by atoms with Crippen LogP contribution in [-0.2, 0) is 0 Å². The number of nitrogens with zero attached hydrogens (tertiary/aromatic N) is 1. The molecular weight excluding hydrogens is 280 g/mol. The summed E-state index contributed by atoms with van der Waals surface area (Å²) in [6.45, 7) is 0. The first kappa shape index (κ1) is 16.4. The van der Waals surface area contributed by atoms with E-state index in [1.54, 1.807) is 18.2 Å². The Morgan fingerprint density at radius 1 is 1.18 bits per heavy atom. The van der Waals surface area contributed by atoms with E-state index >= 15 is 0 Å². The molecular formula is C19H21F2N. The van der Waals surface area contributed by atoms with Crippen LogP contribution in [0.25, 0.3) is 0 Å². The molecule has 1 aliphatic rings. The summed E-state index contributed by atoms with van der Waals surface area (Å²) in [4.78, 5) is 0. The van der Waals surface area contributed by atoms with Crippen LogP contribution in [0.1, 0.15) is 50.0 Å². The summed E-state index contributed by atoms with van der Waals surface area (Å²) in [5, 5.41) is 8.28. The van der Waals surface area contributed by atoms with Gasteiger partial charge < -0.3 is 0 Å². The Kier molecular flexibility index (Phi) is 6.33. The van der Waals surface area contributed by atoms with Crippen molar-refractivity contribution >= 4 is 0 Å². The number of hydrogen-bond donors (Lipinski definition) is 0. The maximum atomic E-state index is 12.9. The van der Waals surface area contributed by atoms with Gasteiger partial charge in [-0.05, 0) is 74.1 Å². The van der Waals surface area contributed by atoms with Gasteiger partial charge >= 0.3 is 0 Å². The third-order valence-electron chi connectivity index (χ3n) is 4.42. The SMILES string of the molecule is N#CC(F)=CC=CCCC1CCC(c2ccc(F)cc2)CC1. The molecule has 1 fully saturated rings. The molecule has 0 N–H and O–H groups in total. The summed E-state index contributed by atoms with van der Waals surface area (Å²) >= 11 is 0. The molecule has 0 aromatic heterocycles. The number of nitriles is 1. The molecule has 116 valence electrons. The van der Waals surface area contributed by atoms with Crippen LogP contribution in [0, 0.1) is 23.1 Å². The fourth-order valence-electron chi connectivity index (χ4n) is 3.14. The Morgan fingerprint density at radius 2 is 1.86 bits per heavy atom. The molecule has 1 aromatic carbocycles. The summed E-state index contributed by atoms with van der Waals surface area (Å²) in [5.74, 6) is 0.341. The number of halogens is 2. The van der Waals surface area contributed by atoms with Gasteiger partial charge in [-0.25, -0.2) is 4.39 Å². The van der Waals surface area contributed by atoms with E-state index < -0.39 is 5.83 Å². The van der Waals surface area contributed by atoms with Crippen molar-refractivity contribution < 1.29 is 8.78 Å². The molecule has 1 aliphatic carbocycles. The van der Waals surface area contributed by atoms with E-state index in [0.717, 1.165) is 25.7 Å². The maximum absolute atomic E-state index is 12.9. The van der Waals surface area contributed by atoms with Gasteiger partial charge in [-0.3, -0.25) is 0 Å². The largest absolute Gasteiger partial charge is 0.207 e. The summed E-state index contributed by atoms with van der Waals surface area (Å²) in [6.07, 6.45) is 11.5. The molecule has 1 aromatic rings. The van der Waals surface area contributed by atoms with Gasteiger partial charge in [0.05, 0.1) is 0 Å². The maximum Gasteiger partial charge on any atom is 0.199 e. The minimum Gasteiger partial charge on any atom is -0.207 e. The van der Waals surface area contributed by atoms with Crippen LogP contribution in [0.2, 0.25) is 0 Å². The van der Waals surface area contributed by atoms with E-state index in [0.29, 0.717) is 11.8 Å². The van der Waals surface area contributed by atoms with Crippen molar-refractivity contribution in [1.29, 1.82) is 5.26 Å². The van der Waals surface area contributed by atoms with Crippen LogP contribution in [0.3, 0.4) is 0 Å².